The van der Waals surface area contributed by atoms with Gasteiger partial charge in [0.1, 0.15) is 11.6 Å². The molecule has 1 aromatic rings. The second-order valence-electron chi connectivity index (χ2n) is 4.90. The van der Waals surface area contributed by atoms with Crippen molar-refractivity contribution in [3.8, 4) is 0 Å². The van der Waals surface area contributed by atoms with E-state index >= 15 is 0 Å². The van der Waals surface area contributed by atoms with Crippen molar-refractivity contribution in [2.75, 3.05) is 19.6 Å². The summed E-state index contributed by atoms with van der Waals surface area (Å²) in [4.78, 5) is 14.0. The molecule has 1 aliphatic rings. The largest absolute Gasteiger partial charge is 0.342 e. The minimum atomic E-state index is -0.499. The van der Waals surface area contributed by atoms with E-state index < -0.39 is 17.6 Å². The van der Waals surface area contributed by atoms with E-state index in [1.807, 2.05) is 0 Å². The summed E-state index contributed by atoms with van der Waals surface area (Å²) in [6.45, 7) is 1.62. The number of hydrogen-bond acceptors (Lipinski definition) is 2. The van der Waals surface area contributed by atoms with Crippen LogP contribution in [0.3, 0.4) is 0 Å². The molecule has 1 atom stereocenters. The molecule has 3 nitrogen and oxygen atoms in total. The summed E-state index contributed by atoms with van der Waals surface area (Å²) in [5.74, 6) is -1.52. The summed E-state index contributed by atoms with van der Waals surface area (Å²) >= 11 is 0. The number of nitrogens with two attached hydrogens (primary N) is 1. The van der Waals surface area contributed by atoms with Crippen LogP contribution in [0.25, 0.3) is 0 Å². The van der Waals surface area contributed by atoms with Crippen molar-refractivity contribution in [2.24, 2.45) is 11.7 Å². The van der Waals surface area contributed by atoms with Crippen LogP contribution in [0.1, 0.15) is 18.4 Å². The smallest absolute Gasteiger partial charge is 0.227 e. The summed E-state index contributed by atoms with van der Waals surface area (Å²) in [6, 6.07) is 3.28. The summed E-state index contributed by atoms with van der Waals surface area (Å²) in [5.41, 5.74) is 5.82. The van der Waals surface area contributed by atoms with E-state index in [1.54, 1.807) is 4.90 Å². The molecular formula is C14H18F2N2O. The third-order valence-electron chi connectivity index (χ3n) is 3.53. The molecule has 1 aromatic carbocycles. The number of rotatable bonds is 4. The van der Waals surface area contributed by atoms with Crippen molar-refractivity contribution in [1.29, 1.82) is 0 Å². The van der Waals surface area contributed by atoms with E-state index in [4.69, 9.17) is 5.73 Å². The van der Waals surface area contributed by atoms with Gasteiger partial charge in [-0.1, -0.05) is 0 Å². The highest BCUT2D eigenvalue weighted by Gasteiger charge is 2.26. The predicted octanol–water partition coefficient (Wildman–Crippen LogP) is 1.70. The minimum absolute atomic E-state index is 0.0522. The highest BCUT2D eigenvalue weighted by atomic mass is 19.1. The van der Waals surface area contributed by atoms with Gasteiger partial charge in [0, 0.05) is 19.6 Å². The Balaban J connectivity index is 2.09. The second kappa shape index (κ2) is 6.10. The topological polar surface area (TPSA) is 46.3 Å². The average molecular weight is 268 g/mol. The fourth-order valence-corrected chi connectivity index (χ4v) is 2.43. The molecule has 0 aliphatic carbocycles. The number of carbonyl (C=O) groups is 1. The Labute approximate surface area is 111 Å². The first kappa shape index (κ1) is 13.9. The third-order valence-corrected chi connectivity index (χ3v) is 3.53. The Kier molecular flexibility index (Phi) is 4.47. The first-order chi connectivity index (χ1) is 9.11. The van der Waals surface area contributed by atoms with Crippen LogP contribution in [0.15, 0.2) is 18.2 Å². The van der Waals surface area contributed by atoms with Gasteiger partial charge in [0.2, 0.25) is 5.91 Å². The molecule has 0 aromatic heterocycles. The lowest BCUT2D eigenvalue weighted by Crippen LogP contribution is -2.38. The number of likely N-dealkylation sites (tertiary alicyclic amines) is 1. The summed E-state index contributed by atoms with van der Waals surface area (Å²) in [6.07, 6.45) is 2.14. The van der Waals surface area contributed by atoms with Crippen molar-refractivity contribution >= 4 is 5.91 Å². The molecule has 1 heterocycles. The number of benzene rings is 1. The van der Waals surface area contributed by atoms with E-state index in [2.05, 4.69) is 0 Å². The molecule has 1 amide bonds. The van der Waals surface area contributed by atoms with E-state index in [0.29, 0.717) is 0 Å². The van der Waals surface area contributed by atoms with Crippen LogP contribution in [0.2, 0.25) is 0 Å². The lowest BCUT2D eigenvalue weighted by Gasteiger charge is -2.22. The number of hydrogen-bond donors (Lipinski definition) is 1. The molecule has 0 saturated carbocycles. The number of carbonyl (C=O) groups excluding carboxylic acids is 1. The Morgan fingerprint density at radius 3 is 2.63 bits per heavy atom. The van der Waals surface area contributed by atoms with Gasteiger partial charge in [0.25, 0.3) is 0 Å². The van der Waals surface area contributed by atoms with Crippen LogP contribution >= 0.6 is 0 Å². The van der Waals surface area contributed by atoms with Crippen molar-refractivity contribution in [2.45, 2.75) is 19.3 Å². The highest BCUT2D eigenvalue weighted by Crippen LogP contribution is 2.18. The van der Waals surface area contributed by atoms with E-state index in [9.17, 15) is 13.6 Å². The summed E-state index contributed by atoms with van der Waals surface area (Å²) < 4.78 is 26.7. The van der Waals surface area contributed by atoms with Crippen molar-refractivity contribution in [1.82, 2.24) is 4.90 Å². The Bertz CT molecular complexity index is 459. The molecule has 0 radical (unpaired) electrons. The number of amides is 1. The fourth-order valence-electron chi connectivity index (χ4n) is 2.43. The summed E-state index contributed by atoms with van der Waals surface area (Å²) in [7, 11) is 0. The Hall–Kier alpha value is -1.49. The van der Waals surface area contributed by atoms with Crippen LogP contribution in [-0.4, -0.2) is 30.4 Å². The molecule has 104 valence electrons. The van der Waals surface area contributed by atoms with Crippen molar-refractivity contribution in [3.05, 3.63) is 35.4 Å². The van der Waals surface area contributed by atoms with Crippen LogP contribution in [0, 0.1) is 17.6 Å². The maximum Gasteiger partial charge on any atom is 0.227 e. The lowest BCUT2D eigenvalue weighted by molar-refractivity contribution is -0.134. The monoisotopic (exact) mass is 268 g/mol. The third kappa shape index (κ3) is 3.29. The van der Waals surface area contributed by atoms with Gasteiger partial charge in [-0.25, -0.2) is 8.78 Å². The fraction of sp³-hybridized carbons (Fsp3) is 0.500. The quantitative estimate of drug-likeness (QED) is 0.903. The van der Waals surface area contributed by atoms with E-state index in [-0.39, 0.29) is 24.4 Å². The normalized spacial score (nSPS) is 16.7. The average Bonchev–Trinajstić information content (AvgIpc) is 2.93. The van der Waals surface area contributed by atoms with Gasteiger partial charge in [-0.05, 0) is 43.0 Å². The molecule has 1 fully saturated rings. The van der Waals surface area contributed by atoms with Crippen molar-refractivity contribution < 1.29 is 13.6 Å². The second-order valence-corrected chi connectivity index (χ2v) is 4.90. The van der Waals surface area contributed by atoms with Crippen LogP contribution in [-0.2, 0) is 11.2 Å². The molecule has 2 N–H and O–H groups in total. The van der Waals surface area contributed by atoms with Crippen molar-refractivity contribution in [3.63, 3.8) is 0 Å². The van der Waals surface area contributed by atoms with Crippen LogP contribution < -0.4 is 5.73 Å². The Morgan fingerprint density at radius 1 is 1.32 bits per heavy atom. The molecule has 1 aliphatic heterocycles. The van der Waals surface area contributed by atoms with Gasteiger partial charge in [0.15, 0.2) is 0 Å². The van der Waals surface area contributed by atoms with E-state index in [1.165, 1.54) is 0 Å². The standard InChI is InChI=1S/C14H18F2N2O/c15-12-3-4-13(16)10(8-12)7-11(9-17)14(19)18-5-1-2-6-18/h3-4,8,11H,1-2,5-7,9,17H2. The maximum absolute atomic E-state index is 13.6. The minimum Gasteiger partial charge on any atom is -0.342 e. The highest BCUT2D eigenvalue weighted by molar-refractivity contribution is 5.79. The molecule has 1 unspecified atom stereocenters. The number of halogens is 2. The zero-order valence-corrected chi connectivity index (χ0v) is 10.7. The lowest BCUT2D eigenvalue weighted by atomic mass is 9.97. The van der Waals surface area contributed by atoms with Gasteiger partial charge < -0.3 is 10.6 Å². The molecule has 1 saturated heterocycles. The maximum atomic E-state index is 13.6. The van der Waals surface area contributed by atoms with Gasteiger partial charge in [0.05, 0.1) is 5.92 Å². The summed E-state index contributed by atoms with van der Waals surface area (Å²) in [5, 5.41) is 0. The first-order valence-electron chi connectivity index (χ1n) is 6.54. The van der Waals surface area contributed by atoms with Crippen LogP contribution in [0.4, 0.5) is 8.78 Å². The molecular weight excluding hydrogens is 250 g/mol. The molecule has 0 spiro atoms. The molecule has 19 heavy (non-hydrogen) atoms. The first-order valence-corrected chi connectivity index (χ1v) is 6.54. The van der Waals surface area contributed by atoms with Crippen LogP contribution in [0.5, 0.6) is 0 Å². The van der Waals surface area contributed by atoms with Gasteiger partial charge >= 0.3 is 0 Å². The molecule has 5 heteroatoms. The zero-order chi connectivity index (χ0) is 13.8. The van der Waals surface area contributed by atoms with Gasteiger partial charge in [-0.2, -0.15) is 0 Å². The Morgan fingerprint density at radius 2 is 2.00 bits per heavy atom. The predicted molar refractivity (Wildman–Crippen MR) is 68.4 cm³/mol. The molecule has 2 rings (SSSR count). The zero-order valence-electron chi connectivity index (χ0n) is 10.7. The molecule has 0 bridgehead atoms. The SMILES string of the molecule is NCC(Cc1cc(F)ccc1F)C(=O)N1CCCC1. The van der Waals surface area contributed by atoms with Gasteiger partial charge in [-0.3, -0.25) is 4.79 Å². The van der Waals surface area contributed by atoms with E-state index in [0.717, 1.165) is 44.1 Å². The van der Waals surface area contributed by atoms with Gasteiger partial charge in [-0.15, -0.1) is 0 Å². The number of nitrogens with zero attached hydrogens (tertiary/aromatic N) is 1.